The molecule has 1 amide bonds. The Bertz CT molecular complexity index is 938. The summed E-state index contributed by atoms with van der Waals surface area (Å²) in [5, 5.41) is 3.54. The Morgan fingerprint density at radius 2 is 1.77 bits per heavy atom. The normalized spacial score (nSPS) is 10.9. The summed E-state index contributed by atoms with van der Waals surface area (Å²) in [6.45, 7) is 6.05. The monoisotopic (exact) mass is 351 g/mol. The Morgan fingerprint density at radius 1 is 1.08 bits per heavy atom. The van der Waals surface area contributed by atoms with Crippen molar-refractivity contribution in [2.45, 2.75) is 20.8 Å². The second kappa shape index (κ2) is 7.44. The third-order valence-electron chi connectivity index (χ3n) is 4.00. The van der Waals surface area contributed by atoms with Crippen LogP contribution in [0.1, 0.15) is 36.9 Å². The van der Waals surface area contributed by atoms with Crippen molar-refractivity contribution in [2.75, 3.05) is 11.9 Å². The molecule has 0 saturated carbocycles. The number of ketones is 1. The van der Waals surface area contributed by atoms with Gasteiger partial charge in [-0.1, -0.05) is 26.0 Å². The standard InChI is InChI=1S/C21H21NO4/c1-4-25-15-11-9-14(10-12-15)19(23)20-18(22-21(24)13(2)3)16-7-5-6-8-17(16)26-20/h5-13H,4H2,1-3H3,(H,22,24). The molecule has 3 aromatic rings. The first kappa shape index (κ1) is 17.7. The van der Waals surface area contributed by atoms with Gasteiger partial charge in [0, 0.05) is 16.9 Å². The molecule has 26 heavy (non-hydrogen) atoms. The molecule has 2 aromatic carbocycles. The van der Waals surface area contributed by atoms with Crippen molar-refractivity contribution >= 4 is 28.3 Å². The van der Waals surface area contributed by atoms with Crippen molar-refractivity contribution in [1.82, 2.24) is 0 Å². The Morgan fingerprint density at radius 3 is 2.42 bits per heavy atom. The second-order valence-corrected chi connectivity index (χ2v) is 6.23. The van der Waals surface area contributed by atoms with Crippen molar-refractivity contribution in [1.29, 1.82) is 0 Å². The molecule has 0 aliphatic rings. The summed E-state index contributed by atoms with van der Waals surface area (Å²) in [7, 11) is 0. The van der Waals surface area contributed by atoms with E-state index >= 15 is 0 Å². The second-order valence-electron chi connectivity index (χ2n) is 6.23. The van der Waals surface area contributed by atoms with Crippen LogP contribution in [0, 0.1) is 5.92 Å². The molecule has 0 atom stereocenters. The van der Waals surface area contributed by atoms with Gasteiger partial charge in [0.15, 0.2) is 5.76 Å². The van der Waals surface area contributed by atoms with Gasteiger partial charge in [0.2, 0.25) is 11.7 Å². The van der Waals surface area contributed by atoms with Gasteiger partial charge in [-0.25, -0.2) is 0 Å². The largest absolute Gasteiger partial charge is 0.494 e. The Hall–Kier alpha value is -3.08. The number of nitrogens with one attached hydrogen (secondary N) is 1. The summed E-state index contributed by atoms with van der Waals surface area (Å²) >= 11 is 0. The highest BCUT2D eigenvalue weighted by Gasteiger charge is 2.24. The van der Waals surface area contributed by atoms with E-state index in [-0.39, 0.29) is 23.4 Å². The van der Waals surface area contributed by atoms with Crippen LogP contribution >= 0.6 is 0 Å². The third-order valence-corrected chi connectivity index (χ3v) is 4.00. The van der Waals surface area contributed by atoms with Crippen LogP contribution < -0.4 is 10.1 Å². The molecular formula is C21H21NO4. The average molecular weight is 351 g/mol. The molecule has 0 spiro atoms. The zero-order valence-corrected chi connectivity index (χ0v) is 15.0. The number of furan rings is 1. The number of carbonyl (C=O) groups is 2. The van der Waals surface area contributed by atoms with Crippen LogP contribution in [0.5, 0.6) is 5.75 Å². The van der Waals surface area contributed by atoms with Gasteiger partial charge in [0.05, 0.1) is 12.3 Å². The van der Waals surface area contributed by atoms with E-state index in [2.05, 4.69) is 5.32 Å². The maximum Gasteiger partial charge on any atom is 0.230 e. The van der Waals surface area contributed by atoms with Gasteiger partial charge in [-0.05, 0) is 43.3 Å². The lowest BCUT2D eigenvalue weighted by molar-refractivity contribution is -0.118. The Labute approximate surface area is 152 Å². The van der Waals surface area contributed by atoms with Crippen LogP contribution in [0.4, 0.5) is 5.69 Å². The quantitative estimate of drug-likeness (QED) is 0.656. The van der Waals surface area contributed by atoms with Crippen LogP contribution in [0.2, 0.25) is 0 Å². The average Bonchev–Trinajstić information content (AvgIpc) is 3.00. The van der Waals surface area contributed by atoms with Crippen molar-refractivity contribution in [3.63, 3.8) is 0 Å². The molecule has 0 aliphatic heterocycles. The highest BCUT2D eigenvalue weighted by atomic mass is 16.5. The predicted molar refractivity (Wildman–Crippen MR) is 101 cm³/mol. The number of carbonyl (C=O) groups excluding carboxylic acids is 2. The number of amides is 1. The van der Waals surface area contributed by atoms with E-state index in [1.165, 1.54) is 0 Å². The minimum atomic E-state index is -0.289. The summed E-state index contributed by atoms with van der Waals surface area (Å²) in [5.74, 6) is 0.157. The number of hydrogen-bond donors (Lipinski definition) is 1. The highest BCUT2D eigenvalue weighted by Crippen LogP contribution is 2.33. The fraction of sp³-hybridized carbons (Fsp3) is 0.238. The van der Waals surface area contributed by atoms with Gasteiger partial charge in [0.1, 0.15) is 11.3 Å². The van der Waals surface area contributed by atoms with Gasteiger partial charge in [-0.3, -0.25) is 9.59 Å². The van der Waals surface area contributed by atoms with E-state index in [0.717, 1.165) is 0 Å². The molecule has 1 aromatic heterocycles. The number of ether oxygens (including phenoxy) is 1. The number of rotatable bonds is 6. The third kappa shape index (κ3) is 3.47. The fourth-order valence-corrected chi connectivity index (χ4v) is 2.60. The van der Waals surface area contributed by atoms with E-state index in [1.54, 1.807) is 44.2 Å². The minimum absolute atomic E-state index is 0.129. The highest BCUT2D eigenvalue weighted by molar-refractivity contribution is 6.17. The van der Waals surface area contributed by atoms with Gasteiger partial charge in [-0.15, -0.1) is 0 Å². The fourth-order valence-electron chi connectivity index (χ4n) is 2.60. The lowest BCUT2D eigenvalue weighted by atomic mass is 10.1. The Balaban J connectivity index is 2.02. The van der Waals surface area contributed by atoms with Crippen LogP contribution in [0.15, 0.2) is 52.9 Å². The summed E-state index contributed by atoms with van der Waals surface area (Å²) in [6, 6.07) is 14.1. The van der Waals surface area contributed by atoms with E-state index < -0.39 is 0 Å². The number of benzene rings is 2. The first-order chi connectivity index (χ1) is 12.5. The lowest BCUT2D eigenvalue weighted by Crippen LogP contribution is -2.19. The van der Waals surface area contributed by atoms with Gasteiger partial charge in [-0.2, -0.15) is 0 Å². The van der Waals surface area contributed by atoms with Crippen LogP contribution in [-0.4, -0.2) is 18.3 Å². The molecule has 0 saturated heterocycles. The molecule has 1 N–H and O–H groups in total. The smallest absolute Gasteiger partial charge is 0.230 e. The van der Waals surface area contributed by atoms with E-state index in [4.69, 9.17) is 9.15 Å². The molecule has 0 radical (unpaired) electrons. The van der Waals surface area contributed by atoms with Crippen molar-refractivity contribution in [3.05, 3.63) is 59.9 Å². The van der Waals surface area contributed by atoms with E-state index in [0.29, 0.717) is 34.6 Å². The topological polar surface area (TPSA) is 68.5 Å². The first-order valence-electron chi connectivity index (χ1n) is 8.61. The van der Waals surface area contributed by atoms with Crippen LogP contribution in [0.3, 0.4) is 0 Å². The van der Waals surface area contributed by atoms with Crippen molar-refractivity contribution in [3.8, 4) is 5.75 Å². The zero-order valence-electron chi connectivity index (χ0n) is 15.0. The van der Waals surface area contributed by atoms with Gasteiger partial charge in [0.25, 0.3) is 0 Å². The summed E-state index contributed by atoms with van der Waals surface area (Å²) in [6.07, 6.45) is 0. The van der Waals surface area contributed by atoms with Crippen molar-refractivity contribution in [2.24, 2.45) is 5.92 Å². The Kier molecular flexibility index (Phi) is 5.07. The number of hydrogen-bond acceptors (Lipinski definition) is 4. The molecular weight excluding hydrogens is 330 g/mol. The SMILES string of the molecule is CCOc1ccc(C(=O)c2oc3ccccc3c2NC(=O)C(C)C)cc1. The van der Waals surface area contributed by atoms with Gasteiger partial charge >= 0.3 is 0 Å². The predicted octanol–water partition coefficient (Wildman–Crippen LogP) is 4.66. The van der Waals surface area contributed by atoms with Crippen LogP contribution in [-0.2, 0) is 4.79 Å². The zero-order chi connectivity index (χ0) is 18.7. The lowest BCUT2D eigenvalue weighted by Gasteiger charge is -2.08. The maximum atomic E-state index is 13.0. The summed E-state index contributed by atoms with van der Waals surface area (Å²) in [4.78, 5) is 25.2. The summed E-state index contributed by atoms with van der Waals surface area (Å²) in [5.41, 5.74) is 1.44. The first-order valence-corrected chi connectivity index (χ1v) is 8.61. The van der Waals surface area contributed by atoms with Crippen LogP contribution in [0.25, 0.3) is 11.0 Å². The van der Waals surface area contributed by atoms with Gasteiger partial charge < -0.3 is 14.5 Å². The molecule has 0 bridgehead atoms. The molecule has 134 valence electrons. The molecule has 0 fully saturated rings. The maximum absolute atomic E-state index is 13.0. The molecule has 5 nitrogen and oxygen atoms in total. The molecule has 5 heteroatoms. The number of para-hydroxylation sites is 1. The van der Waals surface area contributed by atoms with E-state index in [1.807, 2.05) is 25.1 Å². The molecule has 1 heterocycles. The summed E-state index contributed by atoms with van der Waals surface area (Å²) < 4.78 is 11.2. The van der Waals surface area contributed by atoms with Crippen molar-refractivity contribution < 1.29 is 18.7 Å². The molecule has 0 unspecified atom stereocenters. The molecule has 3 rings (SSSR count). The van der Waals surface area contributed by atoms with E-state index in [9.17, 15) is 9.59 Å². The number of fused-ring (bicyclic) bond motifs is 1. The number of anilines is 1. The molecule has 0 aliphatic carbocycles. The minimum Gasteiger partial charge on any atom is -0.494 e.